The summed E-state index contributed by atoms with van der Waals surface area (Å²) in [6.45, 7) is 0. The summed E-state index contributed by atoms with van der Waals surface area (Å²) in [7, 11) is 1.23. The van der Waals surface area contributed by atoms with Gasteiger partial charge in [-0.15, -0.1) is 11.6 Å². The molecule has 1 aromatic rings. The zero-order valence-corrected chi connectivity index (χ0v) is 11.8. The molecule has 17 heavy (non-hydrogen) atoms. The van der Waals surface area contributed by atoms with Crippen molar-refractivity contribution in [3.05, 3.63) is 26.6 Å². The molecular formula is C10H9ClF2INO2. The number of methoxy groups -OCH3 is 1. The number of esters is 1. The van der Waals surface area contributed by atoms with Gasteiger partial charge in [0.05, 0.1) is 30.8 Å². The summed E-state index contributed by atoms with van der Waals surface area (Å²) in [6.07, 6.45) is -2.76. The lowest BCUT2D eigenvalue weighted by Crippen LogP contribution is -2.09. The molecule has 0 aliphatic heterocycles. The van der Waals surface area contributed by atoms with E-state index in [4.69, 9.17) is 11.6 Å². The first kappa shape index (κ1) is 14.6. The van der Waals surface area contributed by atoms with Gasteiger partial charge in [-0.2, -0.15) is 0 Å². The highest BCUT2D eigenvalue weighted by Gasteiger charge is 2.18. The Hall–Kier alpha value is -0.500. The van der Waals surface area contributed by atoms with Crippen molar-refractivity contribution in [2.45, 2.75) is 18.7 Å². The number of nitrogens with zero attached hydrogens (tertiary/aromatic N) is 1. The molecule has 0 unspecified atom stereocenters. The van der Waals surface area contributed by atoms with Crippen LogP contribution in [0.15, 0.2) is 6.07 Å². The van der Waals surface area contributed by atoms with Gasteiger partial charge >= 0.3 is 5.97 Å². The van der Waals surface area contributed by atoms with Crippen LogP contribution in [0, 0.1) is 3.57 Å². The Balaban J connectivity index is 3.15. The van der Waals surface area contributed by atoms with Crippen LogP contribution in [-0.2, 0) is 21.8 Å². The lowest BCUT2D eigenvalue weighted by Gasteiger charge is -2.10. The van der Waals surface area contributed by atoms with Crippen LogP contribution in [0.3, 0.4) is 0 Å². The number of pyridine rings is 1. The highest BCUT2D eigenvalue weighted by molar-refractivity contribution is 14.1. The van der Waals surface area contributed by atoms with E-state index >= 15 is 0 Å². The van der Waals surface area contributed by atoms with Crippen molar-refractivity contribution < 1.29 is 18.3 Å². The van der Waals surface area contributed by atoms with E-state index in [1.165, 1.54) is 13.2 Å². The summed E-state index contributed by atoms with van der Waals surface area (Å²) in [4.78, 5) is 15.1. The average molecular weight is 376 g/mol. The Bertz CT molecular complexity index is 429. The normalized spacial score (nSPS) is 10.7. The van der Waals surface area contributed by atoms with Crippen LogP contribution < -0.4 is 0 Å². The summed E-state index contributed by atoms with van der Waals surface area (Å²) in [5.74, 6) is -0.507. The molecule has 0 fully saturated rings. The number of halogens is 4. The van der Waals surface area contributed by atoms with Gasteiger partial charge in [0, 0.05) is 9.13 Å². The number of hydrogen-bond donors (Lipinski definition) is 0. The molecule has 0 spiro atoms. The van der Waals surface area contributed by atoms with E-state index < -0.39 is 12.4 Å². The molecule has 94 valence electrons. The van der Waals surface area contributed by atoms with Crippen molar-refractivity contribution in [3.63, 3.8) is 0 Å². The first-order valence-corrected chi connectivity index (χ1v) is 6.20. The second kappa shape index (κ2) is 6.44. The van der Waals surface area contributed by atoms with Gasteiger partial charge in [-0.25, -0.2) is 8.78 Å². The van der Waals surface area contributed by atoms with Gasteiger partial charge in [0.15, 0.2) is 0 Å². The van der Waals surface area contributed by atoms with E-state index in [1.54, 1.807) is 22.6 Å². The SMILES string of the molecule is COC(=O)Cc1cc(C(F)F)c(I)c(CCl)n1. The Morgan fingerprint density at radius 2 is 2.29 bits per heavy atom. The first-order valence-electron chi connectivity index (χ1n) is 4.58. The van der Waals surface area contributed by atoms with Crippen molar-refractivity contribution in [1.82, 2.24) is 4.98 Å². The van der Waals surface area contributed by atoms with Crippen LogP contribution in [0.5, 0.6) is 0 Å². The highest BCUT2D eigenvalue weighted by atomic mass is 127. The van der Waals surface area contributed by atoms with Gasteiger partial charge in [-0.05, 0) is 28.7 Å². The maximum atomic E-state index is 12.8. The van der Waals surface area contributed by atoms with Crippen molar-refractivity contribution in [3.8, 4) is 0 Å². The monoisotopic (exact) mass is 375 g/mol. The Labute approximate surface area is 116 Å². The van der Waals surface area contributed by atoms with Gasteiger partial charge < -0.3 is 4.74 Å². The molecule has 0 bridgehead atoms. The van der Waals surface area contributed by atoms with E-state index in [9.17, 15) is 13.6 Å². The summed E-state index contributed by atoms with van der Waals surface area (Å²) < 4.78 is 30.3. The van der Waals surface area contributed by atoms with E-state index in [0.29, 0.717) is 9.26 Å². The molecule has 1 aromatic heterocycles. The fraction of sp³-hybridized carbons (Fsp3) is 0.400. The van der Waals surface area contributed by atoms with Crippen LogP contribution >= 0.6 is 34.2 Å². The predicted molar refractivity (Wildman–Crippen MR) is 67.2 cm³/mol. The van der Waals surface area contributed by atoms with Crippen molar-refractivity contribution in [1.29, 1.82) is 0 Å². The molecule has 0 aliphatic carbocycles. The Morgan fingerprint density at radius 3 is 2.76 bits per heavy atom. The number of rotatable bonds is 4. The molecule has 1 rings (SSSR count). The third-order valence-electron chi connectivity index (χ3n) is 2.02. The van der Waals surface area contributed by atoms with Crippen molar-refractivity contribution >= 4 is 40.2 Å². The van der Waals surface area contributed by atoms with Crippen LogP contribution in [0.4, 0.5) is 8.78 Å². The summed E-state index contributed by atoms with van der Waals surface area (Å²) in [6, 6.07) is 1.21. The minimum atomic E-state index is -2.62. The third kappa shape index (κ3) is 3.74. The fourth-order valence-corrected chi connectivity index (χ4v) is 2.34. The summed E-state index contributed by atoms with van der Waals surface area (Å²) in [5, 5.41) is 0. The maximum absolute atomic E-state index is 12.8. The van der Waals surface area contributed by atoms with Crippen LogP contribution in [0.2, 0.25) is 0 Å². The quantitative estimate of drug-likeness (QED) is 0.461. The molecular weight excluding hydrogens is 366 g/mol. The van der Waals surface area contributed by atoms with Gasteiger partial charge in [0.2, 0.25) is 0 Å². The van der Waals surface area contributed by atoms with E-state index in [1.807, 2.05) is 0 Å². The zero-order valence-electron chi connectivity index (χ0n) is 8.84. The van der Waals surface area contributed by atoms with Gasteiger partial charge in [0.25, 0.3) is 6.43 Å². The molecule has 0 radical (unpaired) electrons. The van der Waals surface area contributed by atoms with Crippen molar-refractivity contribution in [2.24, 2.45) is 0 Å². The van der Waals surface area contributed by atoms with E-state index in [0.717, 1.165) is 0 Å². The topological polar surface area (TPSA) is 39.2 Å². The van der Waals surface area contributed by atoms with E-state index in [2.05, 4.69) is 9.72 Å². The Morgan fingerprint density at radius 1 is 1.65 bits per heavy atom. The second-order valence-corrected chi connectivity index (χ2v) is 4.50. The minimum Gasteiger partial charge on any atom is -0.469 e. The molecule has 0 saturated carbocycles. The maximum Gasteiger partial charge on any atom is 0.311 e. The number of hydrogen-bond acceptors (Lipinski definition) is 3. The zero-order chi connectivity index (χ0) is 13.0. The number of alkyl halides is 3. The second-order valence-electron chi connectivity index (χ2n) is 3.15. The third-order valence-corrected chi connectivity index (χ3v) is 3.52. The first-order chi connectivity index (χ1) is 7.99. The molecule has 0 amide bonds. The fourth-order valence-electron chi connectivity index (χ4n) is 1.22. The standard InChI is InChI=1S/C10H9ClF2INO2/c1-17-8(16)3-5-2-6(10(12)13)9(14)7(4-11)15-5/h2,10H,3-4H2,1H3. The molecule has 0 aromatic carbocycles. The molecule has 0 saturated heterocycles. The smallest absolute Gasteiger partial charge is 0.311 e. The van der Waals surface area contributed by atoms with Crippen LogP contribution in [0.1, 0.15) is 23.4 Å². The largest absolute Gasteiger partial charge is 0.469 e. The minimum absolute atomic E-state index is 0.0208. The molecule has 7 heteroatoms. The molecule has 1 heterocycles. The highest BCUT2D eigenvalue weighted by Crippen LogP contribution is 2.27. The van der Waals surface area contributed by atoms with Crippen molar-refractivity contribution in [2.75, 3.05) is 7.11 Å². The van der Waals surface area contributed by atoms with Crippen LogP contribution in [-0.4, -0.2) is 18.1 Å². The van der Waals surface area contributed by atoms with Gasteiger partial charge in [-0.3, -0.25) is 9.78 Å². The molecule has 0 N–H and O–H groups in total. The number of carbonyl (C=O) groups excluding carboxylic acids is 1. The number of ether oxygens (including phenoxy) is 1. The molecule has 0 atom stereocenters. The van der Waals surface area contributed by atoms with Gasteiger partial charge in [-0.1, -0.05) is 0 Å². The van der Waals surface area contributed by atoms with Gasteiger partial charge in [0.1, 0.15) is 0 Å². The lowest BCUT2D eigenvalue weighted by molar-refractivity contribution is -0.139. The Kier molecular flexibility index (Phi) is 5.51. The van der Waals surface area contributed by atoms with Crippen LogP contribution in [0.25, 0.3) is 0 Å². The lowest BCUT2D eigenvalue weighted by atomic mass is 10.1. The van der Waals surface area contributed by atoms with E-state index in [-0.39, 0.29) is 23.6 Å². The average Bonchev–Trinajstić information content (AvgIpc) is 2.30. The number of aromatic nitrogens is 1. The molecule has 3 nitrogen and oxygen atoms in total. The summed E-state index contributed by atoms with van der Waals surface area (Å²) in [5.41, 5.74) is 0.433. The summed E-state index contributed by atoms with van der Waals surface area (Å²) >= 11 is 7.40. The molecule has 0 aliphatic rings. The predicted octanol–water partition coefficient (Wildman–Crippen LogP) is 3.08. The number of carbonyl (C=O) groups is 1.